The molecule has 1 aromatic carbocycles. The van der Waals surface area contributed by atoms with Crippen molar-refractivity contribution in [2.45, 2.75) is 25.3 Å². The summed E-state index contributed by atoms with van der Waals surface area (Å²) in [6, 6.07) is 2.81. The van der Waals surface area contributed by atoms with Gasteiger partial charge in [0.2, 0.25) is 0 Å². The molecule has 6 heteroatoms. The van der Waals surface area contributed by atoms with Gasteiger partial charge >= 0.3 is 0 Å². The zero-order valence-electron chi connectivity index (χ0n) is 9.43. The molecule has 0 aromatic heterocycles. The minimum absolute atomic E-state index is 0.133. The van der Waals surface area contributed by atoms with E-state index in [2.05, 4.69) is 0 Å². The number of unbranched alkanes of at least 4 members (excludes halogenated alkanes) is 1. The second-order valence-electron chi connectivity index (χ2n) is 3.85. The van der Waals surface area contributed by atoms with Crippen molar-refractivity contribution in [3.63, 3.8) is 0 Å². The van der Waals surface area contributed by atoms with Crippen LogP contribution in [0.5, 0.6) is 0 Å². The number of nitro benzene ring substituents is 1. The maximum atomic E-state index is 13.1. The molecule has 1 rings (SSSR count). The molecule has 0 saturated carbocycles. The second kappa shape index (κ2) is 6.27. The Hall–Kier alpha value is -1.53. The van der Waals surface area contributed by atoms with Gasteiger partial charge in [0.1, 0.15) is 5.82 Å². The van der Waals surface area contributed by atoms with Crippen LogP contribution in [-0.4, -0.2) is 11.5 Å². The molecule has 0 aliphatic rings. The lowest BCUT2D eigenvalue weighted by molar-refractivity contribution is -0.385. The van der Waals surface area contributed by atoms with Crippen LogP contribution < -0.4 is 11.5 Å². The van der Waals surface area contributed by atoms with Gasteiger partial charge in [-0.25, -0.2) is 4.39 Å². The highest BCUT2D eigenvalue weighted by atomic mass is 19.1. The van der Waals surface area contributed by atoms with E-state index in [4.69, 9.17) is 11.5 Å². The van der Waals surface area contributed by atoms with Gasteiger partial charge in [-0.3, -0.25) is 10.1 Å². The van der Waals surface area contributed by atoms with Crippen LogP contribution in [0.1, 0.15) is 30.9 Å². The van der Waals surface area contributed by atoms with E-state index >= 15 is 0 Å². The third-order valence-corrected chi connectivity index (χ3v) is 2.55. The summed E-state index contributed by atoms with van der Waals surface area (Å²) in [7, 11) is 0. The van der Waals surface area contributed by atoms with E-state index in [0.29, 0.717) is 13.0 Å². The van der Waals surface area contributed by atoms with E-state index < -0.39 is 16.8 Å². The van der Waals surface area contributed by atoms with Crippen molar-refractivity contribution >= 4 is 5.69 Å². The van der Waals surface area contributed by atoms with Crippen molar-refractivity contribution in [1.82, 2.24) is 0 Å². The second-order valence-corrected chi connectivity index (χ2v) is 3.85. The molecule has 0 aliphatic heterocycles. The fourth-order valence-corrected chi connectivity index (χ4v) is 1.65. The van der Waals surface area contributed by atoms with Gasteiger partial charge in [0, 0.05) is 17.7 Å². The number of halogens is 1. The first-order valence-electron chi connectivity index (χ1n) is 5.45. The first-order valence-corrected chi connectivity index (χ1v) is 5.45. The summed E-state index contributed by atoms with van der Waals surface area (Å²) in [6.45, 7) is 0.554. The molecule has 0 fully saturated rings. The first kappa shape index (κ1) is 13.5. The van der Waals surface area contributed by atoms with Gasteiger partial charge in [-0.1, -0.05) is 6.42 Å². The Morgan fingerprint density at radius 1 is 1.41 bits per heavy atom. The quantitative estimate of drug-likeness (QED) is 0.451. The average Bonchev–Trinajstić information content (AvgIpc) is 2.28. The number of rotatable bonds is 6. The highest BCUT2D eigenvalue weighted by Crippen LogP contribution is 2.27. The van der Waals surface area contributed by atoms with Gasteiger partial charge < -0.3 is 11.5 Å². The Morgan fingerprint density at radius 2 is 2.12 bits per heavy atom. The summed E-state index contributed by atoms with van der Waals surface area (Å²) in [6.07, 6.45) is 2.13. The van der Waals surface area contributed by atoms with Crippen LogP contribution in [0.3, 0.4) is 0 Å². The van der Waals surface area contributed by atoms with E-state index in [0.717, 1.165) is 31.0 Å². The van der Waals surface area contributed by atoms with Crippen LogP contribution in [0, 0.1) is 15.9 Å². The lowest BCUT2D eigenvalue weighted by atomic mass is 10.00. The summed E-state index contributed by atoms with van der Waals surface area (Å²) in [5.41, 5.74) is 11.3. The van der Waals surface area contributed by atoms with Gasteiger partial charge in [-0.05, 0) is 31.5 Å². The van der Waals surface area contributed by atoms with E-state index in [1.165, 1.54) is 0 Å². The number of nitrogens with two attached hydrogens (primary N) is 2. The maximum absolute atomic E-state index is 13.1. The van der Waals surface area contributed by atoms with Crippen molar-refractivity contribution in [1.29, 1.82) is 0 Å². The molecule has 0 unspecified atom stereocenters. The summed E-state index contributed by atoms with van der Waals surface area (Å²) < 4.78 is 13.1. The number of hydrogen-bond acceptors (Lipinski definition) is 4. The Balaban J connectivity index is 2.86. The molecule has 0 bridgehead atoms. The minimum atomic E-state index is -0.544. The fraction of sp³-hybridized carbons (Fsp3) is 0.455. The van der Waals surface area contributed by atoms with Crippen LogP contribution in [-0.2, 0) is 0 Å². The Bertz CT molecular complexity index is 398. The molecule has 0 aliphatic carbocycles. The average molecular weight is 241 g/mol. The van der Waals surface area contributed by atoms with Gasteiger partial charge in [-0.15, -0.1) is 0 Å². The number of benzene rings is 1. The van der Waals surface area contributed by atoms with Crippen molar-refractivity contribution in [2.75, 3.05) is 6.54 Å². The SMILES string of the molecule is NCCCC[C@@H](N)c1cc(F)ccc1[N+](=O)[O-]. The largest absolute Gasteiger partial charge is 0.330 e. The van der Waals surface area contributed by atoms with Crippen LogP contribution >= 0.6 is 0 Å². The molecule has 94 valence electrons. The maximum Gasteiger partial charge on any atom is 0.274 e. The molecule has 0 amide bonds. The zero-order chi connectivity index (χ0) is 12.8. The predicted molar refractivity (Wildman–Crippen MR) is 62.9 cm³/mol. The molecule has 0 radical (unpaired) electrons. The molecule has 4 N–H and O–H groups in total. The third kappa shape index (κ3) is 3.76. The summed E-state index contributed by atoms with van der Waals surface area (Å²) in [4.78, 5) is 10.2. The minimum Gasteiger partial charge on any atom is -0.330 e. The molecule has 0 heterocycles. The smallest absolute Gasteiger partial charge is 0.274 e. The van der Waals surface area contributed by atoms with E-state index in [9.17, 15) is 14.5 Å². The number of nitrogens with zero attached hydrogens (tertiary/aromatic N) is 1. The van der Waals surface area contributed by atoms with Gasteiger partial charge in [0.05, 0.1) is 4.92 Å². The first-order chi connectivity index (χ1) is 8.06. The van der Waals surface area contributed by atoms with Crippen LogP contribution in [0.25, 0.3) is 0 Å². The summed E-state index contributed by atoms with van der Waals surface area (Å²) in [5, 5.41) is 10.8. The third-order valence-electron chi connectivity index (χ3n) is 2.55. The van der Waals surface area contributed by atoms with Crippen molar-refractivity contribution in [3.8, 4) is 0 Å². The molecule has 17 heavy (non-hydrogen) atoms. The monoisotopic (exact) mass is 241 g/mol. The van der Waals surface area contributed by atoms with Gasteiger partial charge in [-0.2, -0.15) is 0 Å². The topological polar surface area (TPSA) is 95.2 Å². The van der Waals surface area contributed by atoms with Crippen molar-refractivity contribution in [2.24, 2.45) is 11.5 Å². The van der Waals surface area contributed by atoms with Gasteiger partial charge in [0.25, 0.3) is 5.69 Å². The number of nitro groups is 1. The highest BCUT2D eigenvalue weighted by Gasteiger charge is 2.19. The Labute approximate surface area is 98.8 Å². The van der Waals surface area contributed by atoms with E-state index in [1.807, 2.05) is 0 Å². The zero-order valence-corrected chi connectivity index (χ0v) is 9.43. The Kier molecular flexibility index (Phi) is 4.99. The van der Waals surface area contributed by atoms with Crippen LogP contribution in [0.15, 0.2) is 18.2 Å². The lowest BCUT2D eigenvalue weighted by Gasteiger charge is -2.12. The lowest BCUT2D eigenvalue weighted by Crippen LogP contribution is -2.13. The fourth-order valence-electron chi connectivity index (χ4n) is 1.65. The predicted octanol–water partition coefficient (Wildman–Crippen LogP) is 1.86. The Morgan fingerprint density at radius 3 is 2.71 bits per heavy atom. The molecule has 0 saturated heterocycles. The van der Waals surface area contributed by atoms with Crippen LogP contribution in [0.4, 0.5) is 10.1 Å². The highest BCUT2D eigenvalue weighted by molar-refractivity contribution is 5.42. The van der Waals surface area contributed by atoms with Crippen molar-refractivity contribution in [3.05, 3.63) is 39.7 Å². The van der Waals surface area contributed by atoms with E-state index in [1.54, 1.807) is 0 Å². The number of hydrogen-bond donors (Lipinski definition) is 2. The molecular weight excluding hydrogens is 225 g/mol. The normalized spacial score (nSPS) is 12.4. The molecule has 1 atom stereocenters. The summed E-state index contributed by atoms with van der Waals surface area (Å²) >= 11 is 0. The molecule has 0 spiro atoms. The van der Waals surface area contributed by atoms with Crippen LogP contribution in [0.2, 0.25) is 0 Å². The van der Waals surface area contributed by atoms with Crippen molar-refractivity contribution < 1.29 is 9.31 Å². The van der Waals surface area contributed by atoms with E-state index in [-0.39, 0.29) is 11.3 Å². The molecular formula is C11H16FN3O2. The summed E-state index contributed by atoms with van der Waals surface area (Å²) in [5.74, 6) is -0.514. The molecule has 1 aromatic rings. The standard InChI is InChI=1S/C11H16FN3O2/c12-8-4-5-11(15(16)17)9(7-8)10(14)3-1-2-6-13/h4-5,7,10H,1-3,6,13-14H2/t10-/m1/s1. The van der Waals surface area contributed by atoms with Gasteiger partial charge in [0.15, 0.2) is 0 Å². The molecule has 5 nitrogen and oxygen atoms in total.